The molecule has 178 valence electrons. The van der Waals surface area contributed by atoms with Gasteiger partial charge in [0.1, 0.15) is 17.7 Å². The van der Waals surface area contributed by atoms with Gasteiger partial charge in [-0.2, -0.15) is 0 Å². The summed E-state index contributed by atoms with van der Waals surface area (Å²) < 4.78 is 25.2. The SMILES string of the molecule is COc1ccc(CCN2C(=O)C3=C(C(=O)C4CC(C)C(C)CC4O3)C2c2ccc(F)cc2)cc1. The number of benzene rings is 2. The fraction of sp³-hybridized carbons (Fsp3) is 0.429. The van der Waals surface area contributed by atoms with Crippen molar-refractivity contribution in [2.75, 3.05) is 13.7 Å². The predicted octanol–water partition coefficient (Wildman–Crippen LogP) is 4.86. The molecule has 2 aliphatic heterocycles. The summed E-state index contributed by atoms with van der Waals surface area (Å²) in [6.07, 6.45) is 1.90. The number of amides is 1. The zero-order chi connectivity index (χ0) is 24.0. The molecule has 0 aromatic heterocycles. The molecule has 2 heterocycles. The van der Waals surface area contributed by atoms with E-state index in [4.69, 9.17) is 9.47 Å². The van der Waals surface area contributed by atoms with Crippen molar-refractivity contribution in [3.8, 4) is 5.75 Å². The van der Waals surface area contributed by atoms with Crippen molar-refractivity contribution in [2.45, 2.75) is 45.3 Å². The molecule has 0 spiro atoms. The summed E-state index contributed by atoms with van der Waals surface area (Å²) in [6, 6.07) is 13.2. The minimum absolute atomic E-state index is 0.0135. The number of nitrogens with zero attached hydrogens (tertiary/aromatic N) is 1. The fourth-order valence-electron chi connectivity index (χ4n) is 5.57. The highest BCUT2D eigenvalue weighted by molar-refractivity contribution is 6.11. The van der Waals surface area contributed by atoms with Gasteiger partial charge < -0.3 is 14.4 Å². The Balaban J connectivity index is 1.48. The summed E-state index contributed by atoms with van der Waals surface area (Å²) in [5.41, 5.74) is 2.22. The van der Waals surface area contributed by atoms with Crippen molar-refractivity contribution in [1.82, 2.24) is 4.90 Å². The highest BCUT2D eigenvalue weighted by atomic mass is 19.1. The number of ketones is 1. The number of methoxy groups -OCH3 is 1. The van der Waals surface area contributed by atoms with E-state index in [0.29, 0.717) is 30.4 Å². The van der Waals surface area contributed by atoms with E-state index >= 15 is 0 Å². The topological polar surface area (TPSA) is 55.8 Å². The largest absolute Gasteiger partial charge is 0.497 e. The van der Waals surface area contributed by atoms with E-state index in [1.165, 1.54) is 12.1 Å². The van der Waals surface area contributed by atoms with Crippen molar-refractivity contribution in [3.63, 3.8) is 0 Å². The van der Waals surface area contributed by atoms with Crippen LogP contribution < -0.4 is 4.74 Å². The fourth-order valence-corrected chi connectivity index (χ4v) is 5.57. The van der Waals surface area contributed by atoms with Gasteiger partial charge in [-0.25, -0.2) is 4.39 Å². The first-order valence-electron chi connectivity index (χ1n) is 12.0. The maximum atomic E-state index is 13.8. The minimum Gasteiger partial charge on any atom is -0.497 e. The van der Waals surface area contributed by atoms with Gasteiger partial charge >= 0.3 is 0 Å². The van der Waals surface area contributed by atoms with Crippen molar-refractivity contribution < 1.29 is 23.5 Å². The van der Waals surface area contributed by atoms with Gasteiger partial charge in [-0.3, -0.25) is 9.59 Å². The zero-order valence-corrected chi connectivity index (χ0v) is 19.8. The Hall–Kier alpha value is -3.15. The predicted molar refractivity (Wildman–Crippen MR) is 126 cm³/mol. The number of Topliss-reactive ketones (excluding diaryl/α,β-unsaturated/α-hetero) is 1. The molecule has 0 bridgehead atoms. The number of halogens is 1. The van der Waals surface area contributed by atoms with E-state index in [1.54, 1.807) is 24.1 Å². The molecular weight excluding hydrogens is 433 g/mol. The second kappa shape index (κ2) is 8.90. The average molecular weight is 464 g/mol. The van der Waals surface area contributed by atoms with Gasteiger partial charge in [0.25, 0.3) is 5.91 Å². The number of ether oxygens (including phenoxy) is 2. The van der Waals surface area contributed by atoms with Crippen LogP contribution in [0.3, 0.4) is 0 Å². The van der Waals surface area contributed by atoms with E-state index in [9.17, 15) is 14.0 Å². The normalized spacial score (nSPS) is 28.5. The molecule has 2 aromatic carbocycles. The smallest absolute Gasteiger partial charge is 0.290 e. The number of hydrogen-bond acceptors (Lipinski definition) is 4. The molecule has 5 atom stereocenters. The molecule has 1 aliphatic carbocycles. The maximum Gasteiger partial charge on any atom is 0.290 e. The van der Waals surface area contributed by atoms with Gasteiger partial charge in [0.05, 0.1) is 24.6 Å². The molecular formula is C28H30FNO4. The van der Waals surface area contributed by atoms with Crippen molar-refractivity contribution >= 4 is 11.7 Å². The quantitative estimate of drug-likeness (QED) is 0.635. The first-order chi connectivity index (χ1) is 16.4. The van der Waals surface area contributed by atoms with E-state index < -0.39 is 6.04 Å². The summed E-state index contributed by atoms with van der Waals surface area (Å²) in [6.45, 7) is 4.77. The molecule has 0 saturated heterocycles. The number of hydrogen-bond donors (Lipinski definition) is 0. The van der Waals surface area contributed by atoms with Crippen molar-refractivity contribution in [3.05, 3.63) is 76.8 Å². The molecule has 0 N–H and O–H groups in total. The van der Waals surface area contributed by atoms with Crippen LogP contribution in [0.2, 0.25) is 0 Å². The lowest BCUT2D eigenvalue weighted by atomic mass is 9.70. The molecule has 5 unspecified atom stereocenters. The van der Waals surface area contributed by atoms with Crippen LogP contribution in [-0.4, -0.2) is 36.3 Å². The molecule has 6 heteroatoms. The third kappa shape index (κ3) is 3.89. The van der Waals surface area contributed by atoms with E-state index in [0.717, 1.165) is 29.7 Å². The van der Waals surface area contributed by atoms with Crippen LogP contribution in [0.25, 0.3) is 0 Å². The van der Waals surface area contributed by atoms with Gasteiger partial charge in [0, 0.05) is 6.54 Å². The lowest BCUT2D eigenvalue weighted by molar-refractivity contribution is -0.137. The molecule has 5 rings (SSSR count). The monoisotopic (exact) mass is 463 g/mol. The third-order valence-electron chi connectivity index (χ3n) is 7.79. The maximum absolute atomic E-state index is 13.8. The standard InChI is InChI=1S/C28H30FNO4/c1-16-14-22-23(15-17(16)2)34-27-24(26(22)31)25(19-6-8-20(29)9-7-19)30(28(27)32)13-12-18-4-10-21(33-3)11-5-18/h4-11,16-17,22-23,25H,12-15H2,1-3H3. The Morgan fingerprint density at radius 1 is 1.00 bits per heavy atom. The Morgan fingerprint density at radius 3 is 2.35 bits per heavy atom. The molecule has 0 radical (unpaired) electrons. The molecule has 3 aliphatic rings. The third-order valence-corrected chi connectivity index (χ3v) is 7.79. The Bertz CT molecular complexity index is 1120. The first kappa shape index (κ1) is 22.6. The molecule has 1 amide bonds. The second-order valence-electron chi connectivity index (χ2n) is 9.85. The molecule has 34 heavy (non-hydrogen) atoms. The highest BCUT2D eigenvalue weighted by Crippen LogP contribution is 2.48. The highest BCUT2D eigenvalue weighted by Gasteiger charge is 2.53. The molecule has 1 saturated carbocycles. The van der Waals surface area contributed by atoms with Gasteiger partial charge in [0.2, 0.25) is 0 Å². The zero-order valence-electron chi connectivity index (χ0n) is 19.8. The van der Waals surface area contributed by atoms with E-state index in [1.807, 2.05) is 24.3 Å². The van der Waals surface area contributed by atoms with Crippen LogP contribution in [0.1, 0.15) is 43.9 Å². The van der Waals surface area contributed by atoms with Crippen molar-refractivity contribution in [1.29, 1.82) is 0 Å². The van der Waals surface area contributed by atoms with Crippen LogP contribution >= 0.6 is 0 Å². The molecule has 2 aromatic rings. The Morgan fingerprint density at radius 2 is 1.68 bits per heavy atom. The summed E-state index contributed by atoms with van der Waals surface area (Å²) in [5, 5.41) is 0. The lowest BCUT2D eigenvalue weighted by Crippen LogP contribution is -2.43. The molecule has 5 nitrogen and oxygen atoms in total. The van der Waals surface area contributed by atoms with Gasteiger partial charge in [0.15, 0.2) is 11.5 Å². The van der Waals surface area contributed by atoms with Crippen LogP contribution in [-0.2, 0) is 20.7 Å². The minimum atomic E-state index is -0.565. The van der Waals surface area contributed by atoms with Gasteiger partial charge in [-0.1, -0.05) is 38.1 Å². The number of carbonyl (C=O) groups excluding carboxylic acids is 2. The number of fused-ring (bicyclic) bond motifs is 1. The van der Waals surface area contributed by atoms with E-state index in [-0.39, 0.29) is 35.3 Å². The lowest BCUT2D eigenvalue weighted by Gasteiger charge is -2.40. The number of rotatable bonds is 5. The summed E-state index contributed by atoms with van der Waals surface area (Å²) in [4.78, 5) is 29.1. The van der Waals surface area contributed by atoms with Crippen molar-refractivity contribution in [2.24, 2.45) is 17.8 Å². The molecule has 1 fully saturated rings. The number of carbonyl (C=O) groups is 2. The second-order valence-corrected chi connectivity index (χ2v) is 9.85. The van der Waals surface area contributed by atoms with E-state index in [2.05, 4.69) is 13.8 Å². The van der Waals surface area contributed by atoms with Crippen LogP contribution in [0, 0.1) is 23.6 Å². The van der Waals surface area contributed by atoms with Gasteiger partial charge in [-0.15, -0.1) is 0 Å². The van der Waals surface area contributed by atoms with Gasteiger partial charge in [-0.05, 0) is 66.5 Å². The van der Waals surface area contributed by atoms with Crippen LogP contribution in [0.5, 0.6) is 5.75 Å². The first-order valence-corrected chi connectivity index (χ1v) is 12.0. The average Bonchev–Trinajstić information content (AvgIpc) is 3.11. The summed E-state index contributed by atoms with van der Waals surface area (Å²) in [7, 11) is 1.62. The van der Waals surface area contributed by atoms with Crippen LogP contribution in [0.15, 0.2) is 59.9 Å². The Labute approximate surface area is 199 Å². The summed E-state index contributed by atoms with van der Waals surface area (Å²) in [5.74, 6) is 0.992. The van der Waals surface area contributed by atoms with Crippen LogP contribution in [0.4, 0.5) is 4.39 Å². The summed E-state index contributed by atoms with van der Waals surface area (Å²) >= 11 is 0. The Kier molecular flexibility index (Phi) is 5.92.